The molecule has 25 heavy (non-hydrogen) atoms. The van der Waals surface area contributed by atoms with Gasteiger partial charge in [0.1, 0.15) is 0 Å². The molecule has 0 atom stereocenters. The largest absolute Gasteiger partial charge is 0.321 e. The highest BCUT2D eigenvalue weighted by Gasteiger charge is 2.15. The fraction of sp³-hybridized carbons (Fsp3) is 0.211. The fourth-order valence-corrected chi connectivity index (χ4v) is 3.68. The standard InChI is InChI=1S/C19H20N2O3S/c1-12-4-8-17(9-5-12)25(23,24)20-11-16-10-15-7-6-13(2)14(3)18(15)21-19(16)22/h4-10,20H,11H2,1-3H3,(H,21,22). The van der Waals surface area contributed by atoms with Crippen molar-refractivity contribution in [3.63, 3.8) is 0 Å². The Labute approximate surface area is 146 Å². The van der Waals surface area contributed by atoms with Gasteiger partial charge in [0.15, 0.2) is 0 Å². The lowest BCUT2D eigenvalue weighted by Gasteiger charge is -2.09. The third kappa shape index (κ3) is 3.50. The van der Waals surface area contributed by atoms with Gasteiger partial charge in [-0.1, -0.05) is 29.8 Å². The molecule has 130 valence electrons. The summed E-state index contributed by atoms with van der Waals surface area (Å²) in [6.07, 6.45) is 0. The number of nitrogens with one attached hydrogen (secondary N) is 2. The Hall–Kier alpha value is -2.44. The molecule has 6 heteroatoms. The van der Waals surface area contributed by atoms with E-state index in [1.54, 1.807) is 30.3 Å². The molecule has 2 aromatic carbocycles. The summed E-state index contributed by atoms with van der Waals surface area (Å²) in [6.45, 7) is 5.76. The summed E-state index contributed by atoms with van der Waals surface area (Å²) >= 11 is 0. The van der Waals surface area contributed by atoms with Gasteiger partial charge in [0.2, 0.25) is 10.0 Å². The molecule has 0 spiro atoms. The van der Waals surface area contributed by atoms with E-state index in [0.29, 0.717) is 5.56 Å². The SMILES string of the molecule is Cc1ccc(S(=O)(=O)NCc2cc3ccc(C)c(C)c3[nH]c2=O)cc1. The Morgan fingerprint density at radius 3 is 2.36 bits per heavy atom. The monoisotopic (exact) mass is 356 g/mol. The molecule has 5 nitrogen and oxygen atoms in total. The smallest absolute Gasteiger partial charge is 0.252 e. The van der Waals surface area contributed by atoms with Crippen molar-refractivity contribution in [2.75, 3.05) is 0 Å². The predicted octanol–water partition coefficient (Wildman–Crippen LogP) is 2.93. The number of rotatable bonds is 4. The number of hydrogen-bond acceptors (Lipinski definition) is 3. The van der Waals surface area contributed by atoms with Crippen LogP contribution >= 0.6 is 0 Å². The van der Waals surface area contributed by atoms with E-state index in [1.165, 1.54) is 0 Å². The number of pyridine rings is 1. The fourth-order valence-electron chi connectivity index (χ4n) is 2.67. The minimum atomic E-state index is -3.66. The van der Waals surface area contributed by atoms with Crippen LogP contribution in [0.25, 0.3) is 10.9 Å². The molecule has 0 unspecified atom stereocenters. The Morgan fingerprint density at radius 2 is 1.68 bits per heavy atom. The van der Waals surface area contributed by atoms with E-state index in [4.69, 9.17) is 0 Å². The molecule has 1 heterocycles. The summed E-state index contributed by atoms with van der Waals surface area (Å²) in [5.41, 5.74) is 3.97. The Kier molecular flexibility index (Phi) is 4.49. The van der Waals surface area contributed by atoms with Crippen LogP contribution in [-0.2, 0) is 16.6 Å². The van der Waals surface area contributed by atoms with Crippen LogP contribution in [0.5, 0.6) is 0 Å². The Bertz CT molecular complexity index is 1100. The first-order valence-electron chi connectivity index (χ1n) is 7.96. The molecule has 0 aliphatic heterocycles. The van der Waals surface area contributed by atoms with Gasteiger partial charge in [-0.3, -0.25) is 4.79 Å². The molecule has 0 saturated carbocycles. The molecule has 2 N–H and O–H groups in total. The lowest BCUT2D eigenvalue weighted by atomic mass is 10.0. The van der Waals surface area contributed by atoms with Crippen molar-refractivity contribution < 1.29 is 8.42 Å². The lowest BCUT2D eigenvalue weighted by molar-refractivity contribution is 0.581. The van der Waals surface area contributed by atoms with Gasteiger partial charge < -0.3 is 4.98 Å². The lowest BCUT2D eigenvalue weighted by Crippen LogP contribution is -2.27. The van der Waals surface area contributed by atoms with Gasteiger partial charge in [-0.25, -0.2) is 13.1 Å². The molecule has 0 amide bonds. The maximum atomic E-state index is 12.4. The van der Waals surface area contributed by atoms with E-state index in [2.05, 4.69) is 9.71 Å². The first kappa shape index (κ1) is 17.4. The van der Waals surface area contributed by atoms with Gasteiger partial charge in [0.05, 0.1) is 10.4 Å². The van der Waals surface area contributed by atoms with Crippen LogP contribution in [0.4, 0.5) is 0 Å². The minimum absolute atomic E-state index is 0.0611. The van der Waals surface area contributed by atoms with Crippen molar-refractivity contribution in [2.45, 2.75) is 32.2 Å². The molecule has 0 bridgehead atoms. The van der Waals surface area contributed by atoms with E-state index in [-0.39, 0.29) is 17.0 Å². The predicted molar refractivity (Wildman–Crippen MR) is 99.2 cm³/mol. The zero-order valence-electron chi connectivity index (χ0n) is 14.4. The van der Waals surface area contributed by atoms with Crippen molar-refractivity contribution in [1.82, 2.24) is 9.71 Å². The molecule has 3 rings (SSSR count). The second-order valence-electron chi connectivity index (χ2n) is 6.23. The quantitative estimate of drug-likeness (QED) is 0.754. The van der Waals surface area contributed by atoms with Crippen molar-refractivity contribution in [3.05, 3.63) is 75.1 Å². The second kappa shape index (κ2) is 6.46. The van der Waals surface area contributed by atoms with E-state index < -0.39 is 10.0 Å². The Balaban J connectivity index is 1.91. The van der Waals surface area contributed by atoms with Crippen LogP contribution in [0.2, 0.25) is 0 Å². The van der Waals surface area contributed by atoms with Gasteiger partial charge >= 0.3 is 0 Å². The third-order valence-electron chi connectivity index (χ3n) is 4.41. The molecular formula is C19H20N2O3S. The number of sulfonamides is 1. The van der Waals surface area contributed by atoms with Crippen LogP contribution in [0, 0.1) is 20.8 Å². The number of benzene rings is 2. The third-order valence-corrected chi connectivity index (χ3v) is 5.83. The maximum Gasteiger partial charge on any atom is 0.252 e. The average molecular weight is 356 g/mol. The number of aryl methyl sites for hydroxylation is 3. The number of H-pyrrole nitrogens is 1. The summed E-state index contributed by atoms with van der Waals surface area (Å²) in [6, 6.07) is 12.2. The highest BCUT2D eigenvalue weighted by Crippen LogP contribution is 2.19. The van der Waals surface area contributed by atoms with Gasteiger partial charge in [-0.05, 0) is 55.5 Å². The van der Waals surface area contributed by atoms with Crippen LogP contribution in [-0.4, -0.2) is 13.4 Å². The van der Waals surface area contributed by atoms with Crippen LogP contribution in [0.1, 0.15) is 22.3 Å². The van der Waals surface area contributed by atoms with Crippen molar-refractivity contribution in [1.29, 1.82) is 0 Å². The van der Waals surface area contributed by atoms with E-state index in [0.717, 1.165) is 27.6 Å². The molecular weight excluding hydrogens is 336 g/mol. The van der Waals surface area contributed by atoms with E-state index in [1.807, 2.05) is 32.9 Å². The minimum Gasteiger partial charge on any atom is -0.321 e. The van der Waals surface area contributed by atoms with Crippen LogP contribution in [0.3, 0.4) is 0 Å². The summed E-state index contributed by atoms with van der Waals surface area (Å²) in [5.74, 6) is 0. The number of fused-ring (bicyclic) bond motifs is 1. The zero-order chi connectivity index (χ0) is 18.2. The van der Waals surface area contributed by atoms with Crippen molar-refractivity contribution in [2.24, 2.45) is 0 Å². The molecule has 3 aromatic rings. The number of hydrogen-bond donors (Lipinski definition) is 2. The van der Waals surface area contributed by atoms with Gasteiger partial charge in [0, 0.05) is 12.1 Å². The van der Waals surface area contributed by atoms with Crippen LogP contribution in [0.15, 0.2) is 52.2 Å². The van der Waals surface area contributed by atoms with Gasteiger partial charge in [0.25, 0.3) is 5.56 Å². The molecule has 1 aromatic heterocycles. The van der Waals surface area contributed by atoms with E-state index in [9.17, 15) is 13.2 Å². The zero-order valence-corrected chi connectivity index (χ0v) is 15.2. The van der Waals surface area contributed by atoms with Crippen LogP contribution < -0.4 is 10.3 Å². The molecule has 0 fully saturated rings. The number of aromatic amines is 1. The molecule has 0 radical (unpaired) electrons. The summed E-state index contributed by atoms with van der Waals surface area (Å²) < 4.78 is 27.2. The van der Waals surface area contributed by atoms with Crippen molar-refractivity contribution >= 4 is 20.9 Å². The van der Waals surface area contributed by atoms with E-state index >= 15 is 0 Å². The maximum absolute atomic E-state index is 12.4. The molecule has 0 aliphatic rings. The average Bonchev–Trinajstić information content (AvgIpc) is 2.57. The normalized spacial score (nSPS) is 11.8. The summed E-state index contributed by atoms with van der Waals surface area (Å²) in [5, 5.41) is 0.882. The highest BCUT2D eigenvalue weighted by molar-refractivity contribution is 7.89. The molecule has 0 aliphatic carbocycles. The second-order valence-corrected chi connectivity index (χ2v) is 8.00. The first-order chi connectivity index (χ1) is 11.8. The van der Waals surface area contributed by atoms with Gasteiger partial charge in [-0.15, -0.1) is 0 Å². The van der Waals surface area contributed by atoms with Crippen molar-refractivity contribution in [3.8, 4) is 0 Å². The topological polar surface area (TPSA) is 79.0 Å². The van der Waals surface area contributed by atoms with Gasteiger partial charge in [-0.2, -0.15) is 0 Å². The summed E-state index contributed by atoms with van der Waals surface area (Å²) in [7, 11) is -3.66. The molecule has 0 saturated heterocycles. The summed E-state index contributed by atoms with van der Waals surface area (Å²) in [4.78, 5) is 15.3. The Morgan fingerprint density at radius 1 is 1.00 bits per heavy atom. The number of aromatic nitrogens is 1. The first-order valence-corrected chi connectivity index (χ1v) is 9.45. The highest BCUT2D eigenvalue weighted by atomic mass is 32.2.